The van der Waals surface area contributed by atoms with Gasteiger partial charge in [-0.05, 0) is 43.5 Å². The van der Waals surface area contributed by atoms with Crippen molar-refractivity contribution in [3.63, 3.8) is 0 Å². The Kier molecular flexibility index (Phi) is 3.77. The van der Waals surface area contributed by atoms with E-state index >= 15 is 0 Å². The number of rotatable bonds is 4. The minimum absolute atomic E-state index is 0.781. The summed E-state index contributed by atoms with van der Waals surface area (Å²) in [6, 6.07) is 3.88. The smallest absolute Gasteiger partial charge is 0.0635 e. The molecular formula is C11H18N2O. The Labute approximate surface area is 85.1 Å². The van der Waals surface area contributed by atoms with Crippen molar-refractivity contribution >= 4 is 11.4 Å². The maximum absolute atomic E-state index is 8.89. The average Bonchev–Trinajstić information content (AvgIpc) is 2.19. The van der Waals surface area contributed by atoms with Gasteiger partial charge in [0.15, 0.2) is 0 Å². The van der Waals surface area contributed by atoms with Gasteiger partial charge in [0.25, 0.3) is 0 Å². The number of hydrogen-bond acceptors (Lipinski definition) is 3. The molecule has 0 bridgehead atoms. The van der Waals surface area contributed by atoms with Crippen LogP contribution in [0.1, 0.15) is 25.0 Å². The molecule has 0 atom stereocenters. The quantitative estimate of drug-likeness (QED) is 0.646. The molecular weight excluding hydrogens is 176 g/mol. The van der Waals surface area contributed by atoms with Crippen molar-refractivity contribution in [2.75, 3.05) is 17.3 Å². The van der Waals surface area contributed by atoms with Crippen LogP contribution in [0, 0.1) is 6.92 Å². The first-order chi connectivity index (χ1) is 6.74. The van der Waals surface area contributed by atoms with Gasteiger partial charge < -0.3 is 5.32 Å². The zero-order valence-corrected chi connectivity index (χ0v) is 9.02. The highest BCUT2D eigenvalue weighted by Crippen LogP contribution is 2.26. The first-order valence-electron chi connectivity index (χ1n) is 5.01. The predicted molar refractivity (Wildman–Crippen MR) is 60.1 cm³/mol. The minimum atomic E-state index is 0.781. The molecule has 0 saturated heterocycles. The maximum Gasteiger partial charge on any atom is 0.0635 e. The summed E-state index contributed by atoms with van der Waals surface area (Å²) >= 11 is 0. The van der Waals surface area contributed by atoms with Gasteiger partial charge in [0, 0.05) is 12.2 Å². The fourth-order valence-corrected chi connectivity index (χ4v) is 1.69. The van der Waals surface area contributed by atoms with Crippen LogP contribution in [0.15, 0.2) is 12.1 Å². The summed E-state index contributed by atoms with van der Waals surface area (Å²) in [6.45, 7) is 7.12. The summed E-state index contributed by atoms with van der Waals surface area (Å²) in [5.74, 6) is 0. The van der Waals surface area contributed by atoms with Gasteiger partial charge in [0.1, 0.15) is 0 Å². The molecule has 0 unspecified atom stereocenters. The van der Waals surface area contributed by atoms with Gasteiger partial charge in [-0.25, -0.2) is 0 Å². The Morgan fingerprint density at radius 3 is 2.36 bits per heavy atom. The lowest BCUT2D eigenvalue weighted by atomic mass is 10.0. The second-order valence-corrected chi connectivity index (χ2v) is 3.26. The number of anilines is 2. The normalized spacial score (nSPS) is 10.0. The highest BCUT2D eigenvalue weighted by Gasteiger charge is 2.06. The molecule has 1 rings (SSSR count). The molecule has 0 amide bonds. The van der Waals surface area contributed by atoms with Crippen molar-refractivity contribution in [2.45, 2.75) is 27.2 Å². The second-order valence-electron chi connectivity index (χ2n) is 3.26. The highest BCUT2D eigenvalue weighted by atomic mass is 16.5. The molecule has 3 N–H and O–H groups in total. The van der Waals surface area contributed by atoms with E-state index in [1.807, 2.05) is 19.1 Å². The molecule has 1 aromatic rings. The van der Waals surface area contributed by atoms with Crippen LogP contribution in [0.25, 0.3) is 0 Å². The van der Waals surface area contributed by atoms with E-state index in [9.17, 15) is 0 Å². The summed E-state index contributed by atoms with van der Waals surface area (Å²) < 4.78 is 0. The first-order valence-corrected chi connectivity index (χ1v) is 5.01. The SMILES string of the molecule is CCNc1ccc(NO)c(C)c1CC. The van der Waals surface area contributed by atoms with Gasteiger partial charge in [0.2, 0.25) is 0 Å². The first kappa shape index (κ1) is 10.9. The molecule has 0 fully saturated rings. The lowest BCUT2D eigenvalue weighted by Crippen LogP contribution is -2.04. The highest BCUT2D eigenvalue weighted by molar-refractivity contribution is 5.64. The lowest BCUT2D eigenvalue weighted by Gasteiger charge is -2.15. The van der Waals surface area contributed by atoms with E-state index in [4.69, 9.17) is 5.21 Å². The molecule has 0 aromatic heterocycles. The number of hydrogen-bond donors (Lipinski definition) is 3. The van der Waals surface area contributed by atoms with E-state index in [-0.39, 0.29) is 0 Å². The van der Waals surface area contributed by atoms with Crippen molar-refractivity contribution in [1.82, 2.24) is 0 Å². The molecule has 3 nitrogen and oxygen atoms in total. The van der Waals surface area contributed by atoms with Crippen molar-refractivity contribution in [2.24, 2.45) is 0 Å². The Balaban J connectivity index is 3.14. The van der Waals surface area contributed by atoms with Crippen LogP contribution >= 0.6 is 0 Å². The third-order valence-corrected chi connectivity index (χ3v) is 2.44. The van der Waals surface area contributed by atoms with Crippen LogP contribution < -0.4 is 10.8 Å². The molecule has 0 spiro atoms. The Morgan fingerprint density at radius 2 is 1.86 bits per heavy atom. The van der Waals surface area contributed by atoms with Crippen molar-refractivity contribution in [3.05, 3.63) is 23.3 Å². The van der Waals surface area contributed by atoms with Crippen LogP contribution in [0.5, 0.6) is 0 Å². The van der Waals surface area contributed by atoms with Crippen LogP contribution in [0.3, 0.4) is 0 Å². The van der Waals surface area contributed by atoms with Gasteiger partial charge in [0.05, 0.1) is 5.69 Å². The standard InChI is InChI=1S/C11H18N2O/c1-4-9-8(3)10(13-14)6-7-11(9)12-5-2/h6-7,12-14H,4-5H2,1-3H3. The van der Waals surface area contributed by atoms with E-state index in [0.717, 1.165) is 29.9 Å². The summed E-state index contributed by atoms with van der Waals surface area (Å²) in [5, 5.41) is 12.2. The van der Waals surface area contributed by atoms with Crippen molar-refractivity contribution < 1.29 is 5.21 Å². The predicted octanol–water partition coefficient (Wildman–Crippen LogP) is 2.79. The monoisotopic (exact) mass is 194 g/mol. The molecule has 0 aliphatic rings. The second kappa shape index (κ2) is 4.86. The minimum Gasteiger partial charge on any atom is -0.385 e. The maximum atomic E-state index is 8.89. The Bertz CT molecular complexity index is 310. The van der Waals surface area contributed by atoms with Crippen molar-refractivity contribution in [3.8, 4) is 0 Å². The summed E-state index contributed by atoms with van der Waals surface area (Å²) in [6.07, 6.45) is 0.962. The molecule has 1 aromatic carbocycles. The molecule has 0 heterocycles. The Hall–Kier alpha value is -1.22. The summed E-state index contributed by atoms with van der Waals surface area (Å²) in [5.41, 5.74) is 6.51. The molecule has 3 heteroatoms. The molecule has 78 valence electrons. The van der Waals surface area contributed by atoms with E-state index < -0.39 is 0 Å². The van der Waals surface area contributed by atoms with Gasteiger partial charge in [-0.15, -0.1) is 0 Å². The average molecular weight is 194 g/mol. The van der Waals surface area contributed by atoms with Gasteiger partial charge in [-0.1, -0.05) is 6.92 Å². The fraction of sp³-hybridized carbons (Fsp3) is 0.455. The molecule has 0 radical (unpaired) electrons. The van der Waals surface area contributed by atoms with Gasteiger partial charge in [-0.3, -0.25) is 10.7 Å². The zero-order chi connectivity index (χ0) is 10.6. The van der Waals surface area contributed by atoms with Crippen LogP contribution in [0.2, 0.25) is 0 Å². The van der Waals surface area contributed by atoms with Crippen LogP contribution in [-0.2, 0) is 6.42 Å². The van der Waals surface area contributed by atoms with Crippen molar-refractivity contribution in [1.29, 1.82) is 0 Å². The summed E-state index contributed by atoms with van der Waals surface area (Å²) in [7, 11) is 0. The molecule has 14 heavy (non-hydrogen) atoms. The van der Waals surface area contributed by atoms with E-state index in [1.54, 1.807) is 0 Å². The third-order valence-electron chi connectivity index (χ3n) is 2.44. The lowest BCUT2D eigenvalue weighted by molar-refractivity contribution is 0.388. The molecule has 0 aliphatic carbocycles. The van der Waals surface area contributed by atoms with E-state index in [0.29, 0.717) is 0 Å². The Morgan fingerprint density at radius 1 is 1.21 bits per heavy atom. The summed E-state index contributed by atoms with van der Waals surface area (Å²) in [4.78, 5) is 0. The van der Waals surface area contributed by atoms with E-state index in [1.165, 1.54) is 5.56 Å². The zero-order valence-electron chi connectivity index (χ0n) is 9.02. The fourth-order valence-electron chi connectivity index (χ4n) is 1.69. The van der Waals surface area contributed by atoms with Crippen LogP contribution in [0.4, 0.5) is 11.4 Å². The number of benzene rings is 1. The molecule has 0 saturated carbocycles. The van der Waals surface area contributed by atoms with E-state index in [2.05, 4.69) is 24.6 Å². The molecule has 0 aliphatic heterocycles. The van der Waals surface area contributed by atoms with Gasteiger partial charge >= 0.3 is 0 Å². The number of nitrogens with one attached hydrogen (secondary N) is 2. The largest absolute Gasteiger partial charge is 0.385 e. The topological polar surface area (TPSA) is 44.3 Å². The third kappa shape index (κ3) is 1.99. The van der Waals surface area contributed by atoms with Crippen LogP contribution in [-0.4, -0.2) is 11.8 Å². The van der Waals surface area contributed by atoms with Gasteiger partial charge in [-0.2, -0.15) is 0 Å².